The fourth-order valence-electron chi connectivity index (χ4n) is 3.94. The number of amidine groups is 1. The lowest BCUT2D eigenvalue weighted by atomic mass is 9.91. The predicted octanol–water partition coefficient (Wildman–Crippen LogP) is 4.59. The average molecular weight is 503 g/mol. The van der Waals surface area contributed by atoms with Crippen molar-refractivity contribution in [1.29, 1.82) is 0 Å². The minimum Gasteiger partial charge on any atom is -0.386 e. The zero-order valence-corrected chi connectivity index (χ0v) is 20.5. The molecule has 8 nitrogen and oxygen atoms in total. The van der Waals surface area contributed by atoms with Crippen LogP contribution in [0.2, 0.25) is 5.02 Å². The van der Waals surface area contributed by atoms with Crippen LogP contribution in [0.4, 0.5) is 4.39 Å². The Kier molecular flexibility index (Phi) is 5.29. The molecular formula is C23H24ClFN6O2S. The van der Waals surface area contributed by atoms with Gasteiger partial charge in [0.2, 0.25) is 0 Å². The Labute approximate surface area is 202 Å². The molecule has 3 heterocycles. The standard InChI is InChI=1S/C23H24ClFN6O2S/c1-22(2)21(26)29-23(3,12-34(22,32)31-15-5-6-15)16-8-13(4-7-17(16)25)19-9-18(30-33-19)20-27-10-14(24)11-28-20/h4,7-11,15H,5-6,12H2,1-3H3,(H2,26,29)/t23-,34-/m0/s1. The minimum absolute atomic E-state index is 0.0702. The average Bonchev–Trinajstić information content (AvgIpc) is 3.44. The molecule has 0 spiro atoms. The summed E-state index contributed by atoms with van der Waals surface area (Å²) >= 11 is 5.85. The van der Waals surface area contributed by atoms with E-state index in [0.717, 1.165) is 12.8 Å². The van der Waals surface area contributed by atoms with Gasteiger partial charge in [-0.2, -0.15) is 0 Å². The Morgan fingerprint density at radius 3 is 2.59 bits per heavy atom. The van der Waals surface area contributed by atoms with Gasteiger partial charge in [0.05, 0.1) is 26.5 Å². The van der Waals surface area contributed by atoms with Crippen molar-refractivity contribution < 1.29 is 13.1 Å². The van der Waals surface area contributed by atoms with Crippen molar-refractivity contribution in [3.05, 3.63) is 53.1 Å². The predicted molar refractivity (Wildman–Crippen MR) is 129 cm³/mol. The Bertz CT molecular complexity index is 1420. The second kappa shape index (κ2) is 7.84. The van der Waals surface area contributed by atoms with Crippen LogP contribution in [0.3, 0.4) is 0 Å². The lowest BCUT2D eigenvalue weighted by Crippen LogP contribution is -2.55. The second-order valence-corrected chi connectivity index (χ2v) is 12.6. The number of nitrogens with two attached hydrogens (primary N) is 1. The molecule has 11 heteroatoms. The van der Waals surface area contributed by atoms with E-state index in [4.69, 9.17) is 21.9 Å². The van der Waals surface area contributed by atoms with E-state index < -0.39 is 25.8 Å². The van der Waals surface area contributed by atoms with Crippen molar-refractivity contribution in [3.8, 4) is 22.8 Å². The third-order valence-corrected chi connectivity index (χ3v) is 9.91. The molecule has 2 N–H and O–H groups in total. The lowest BCUT2D eigenvalue weighted by molar-refractivity contribution is 0.434. The molecular weight excluding hydrogens is 479 g/mol. The summed E-state index contributed by atoms with van der Waals surface area (Å²) in [4.78, 5) is 12.9. The van der Waals surface area contributed by atoms with Crippen molar-refractivity contribution in [2.24, 2.45) is 15.1 Å². The van der Waals surface area contributed by atoms with Crippen LogP contribution in [0.15, 0.2) is 50.5 Å². The first-order valence-corrected chi connectivity index (χ1v) is 12.9. The van der Waals surface area contributed by atoms with Gasteiger partial charge in [-0.25, -0.2) is 22.9 Å². The topological polar surface area (TPSA) is 120 Å². The monoisotopic (exact) mass is 502 g/mol. The van der Waals surface area contributed by atoms with Crippen molar-refractivity contribution in [2.45, 2.75) is 49.9 Å². The van der Waals surface area contributed by atoms with Crippen molar-refractivity contribution in [2.75, 3.05) is 5.75 Å². The molecule has 1 aromatic carbocycles. The van der Waals surface area contributed by atoms with Crippen LogP contribution in [0.1, 0.15) is 39.2 Å². The summed E-state index contributed by atoms with van der Waals surface area (Å²) in [6.45, 7) is 5.33. The number of aromatic nitrogens is 3. The molecule has 0 unspecified atom stereocenters. The third-order valence-electron chi connectivity index (χ3n) is 6.32. The SMILES string of the molecule is CC1(C)C(N)=N[C@](C)(c2cc(-c3cc(-c4ncc(Cl)cn4)no3)ccc2F)C[S@@]1(=O)=NC1CC1. The van der Waals surface area contributed by atoms with Crippen LogP contribution in [0.5, 0.6) is 0 Å². The van der Waals surface area contributed by atoms with E-state index in [1.165, 1.54) is 18.5 Å². The molecule has 0 saturated heterocycles. The van der Waals surface area contributed by atoms with Crippen LogP contribution in [0.25, 0.3) is 22.8 Å². The lowest BCUT2D eigenvalue weighted by Gasteiger charge is -2.40. The van der Waals surface area contributed by atoms with Gasteiger partial charge in [0.1, 0.15) is 21.9 Å². The van der Waals surface area contributed by atoms with Crippen LogP contribution in [-0.4, -0.2) is 41.7 Å². The third kappa shape index (κ3) is 3.88. The number of aliphatic imine (C=N–C) groups is 1. The number of benzene rings is 1. The van der Waals surface area contributed by atoms with Crippen molar-refractivity contribution in [1.82, 2.24) is 15.1 Å². The van der Waals surface area contributed by atoms with Crippen LogP contribution < -0.4 is 5.73 Å². The number of nitrogens with zero attached hydrogens (tertiary/aromatic N) is 5. The van der Waals surface area contributed by atoms with Crippen molar-refractivity contribution in [3.63, 3.8) is 0 Å². The molecule has 0 amide bonds. The first-order valence-electron chi connectivity index (χ1n) is 10.9. The molecule has 2 atom stereocenters. The first kappa shape index (κ1) is 22.9. The van der Waals surface area contributed by atoms with E-state index in [1.807, 2.05) is 0 Å². The summed E-state index contributed by atoms with van der Waals surface area (Å²) in [6.07, 6.45) is 4.75. The highest BCUT2D eigenvalue weighted by Crippen LogP contribution is 2.42. The molecule has 5 rings (SSSR count). The maximum absolute atomic E-state index is 15.2. The van der Waals surface area contributed by atoms with E-state index >= 15 is 4.39 Å². The van der Waals surface area contributed by atoms with Gasteiger partial charge in [-0.05, 0) is 51.8 Å². The highest BCUT2D eigenvalue weighted by atomic mass is 35.5. The van der Waals surface area contributed by atoms with Gasteiger partial charge in [0.15, 0.2) is 17.3 Å². The van der Waals surface area contributed by atoms with Crippen LogP contribution in [0, 0.1) is 5.82 Å². The van der Waals surface area contributed by atoms with Gasteiger partial charge in [-0.15, -0.1) is 0 Å². The summed E-state index contributed by atoms with van der Waals surface area (Å²) < 4.78 is 38.4. The molecule has 2 aliphatic rings. The fraction of sp³-hybridized carbons (Fsp3) is 0.391. The maximum atomic E-state index is 15.2. The molecule has 1 aliphatic heterocycles. The zero-order valence-electron chi connectivity index (χ0n) is 19.0. The van der Waals surface area contributed by atoms with Gasteiger partial charge in [-0.1, -0.05) is 16.8 Å². The van der Waals surface area contributed by atoms with E-state index in [9.17, 15) is 4.21 Å². The molecule has 1 saturated carbocycles. The Morgan fingerprint density at radius 1 is 1.21 bits per heavy atom. The minimum atomic E-state index is -2.80. The number of hydrogen-bond donors (Lipinski definition) is 1. The fourth-order valence-corrected chi connectivity index (χ4v) is 6.78. The smallest absolute Gasteiger partial charge is 0.181 e. The van der Waals surface area contributed by atoms with Gasteiger partial charge >= 0.3 is 0 Å². The van der Waals surface area contributed by atoms with E-state index in [1.54, 1.807) is 39.0 Å². The van der Waals surface area contributed by atoms with E-state index in [2.05, 4.69) is 24.5 Å². The highest BCUT2D eigenvalue weighted by Gasteiger charge is 2.49. The summed E-state index contributed by atoms with van der Waals surface area (Å²) in [5.74, 6) is 0.556. The number of rotatable bonds is 4. The molecule has 178 valence electrons. The largest absolute Gasteiger partial charge is 0.386 e. The van der Waals surface area contributed by atoms with Crippen LogP contribution >= 0.6 is 11.6 Å². The first-order chi connectivity index (χ1) is 16.0. The van der Waals surface area contributed by atoms with Gasteiger partial charge in [0, 0.05) is 29.6 Å². The number of halogens is 2. The highest BCUT2D eigenvalue weighted by molar-refractivity contribution is 7.95. The molecule has 34 heavy (non-hydrogen) atoms. The second-order valence-electron chi connectivity index (χ2n) is 9.40. The normalized spacial score (nSPS) is 26.2. The van der Waals surface area contributed by atoms with Crippen LogP contribution in [-0.2, 0) is 15.3 Å². The van der Waals surface area contributed by atoms with E-state index in [-0.39, 0.29) is 23.2 Å². The Balaban J connectivity index is 1.56. The molecule has 1 fully saturated rings. The number of hydrogen-bond acceptors (Lipinski definition) is 8. The van der Waals surface area contributed by atoms with Crippen molar-refractivity contribution >= 4 is 27.2 Å². The Hall–Kier alpha value is -2.85. The van der Waals surface area contributed by atoms with E-state index in [0.29, 0.717) is 27.9 Å². The van der Waals surface area contributed by atoms with Gasteiger partial charge < -0.3 is 10.3 Å². The summed E-state index contributed by atoms with van der Waals surface area (Å²) in [5, 5.41) is 4.43. The van der Waals surface area contributed by atoms with Gasteiger partial charge in [-0.3, -0.25) is 4.99 Å². The van der Waals surface area contributed by atoms with Gasteiger partial charge in [0.25, 0.3) is 0 Å². The summed E-state index contributed by atoms with van der Waals surface area (Å²) in [7, 11) is -2.80. The maximum Gasteiger partial charge on any atom is 0.181 e. The molecule has 3 aromatic rings. The summed E-state index contributed by atoms with van der Waals surface area (Å²) in [6, 6.07) is 6.29. The molecule has 0 bridgehead atoms. The quantitative estimate of drug-likeness (QED) is 0.557. The summed E-state index contributed by atoms with van der Waals surface area (Å²) in [5.41, 5.74) is 6.41. The molecule has 2 aromatic heterocycles. The molecule has 1 aliphatic carbocycles. The Morgan fingerprint density at radius 2 is 1.91 bits per heavy atom. The molecule has 0 radical (unpaired) electrons. The zero-order chi connectivity index (χ0) is 24.3.